The average Bonchev–Trinajstić information content (AvgIpc) is 2.36. The van der Waals surface area contributed by atoms with Crippen molar-refractivity contribution < 1.29 is 9.13 Å². The first-order valence-electron chi connectivity index (χ1n) is 5.42. The molecule has 19 heavy (non-hydrogen) atoms. The minimum Gasteiger partial charge on any atom is -0.434 e. The van der Waals surface area contributed by atoms with E-state index in [1.165, 1.54) is 24.4 Å². The number of hydrogen-bond acceptors (Lipinski definition) is 3. The largest absolute Gasteiger partial charge is 0.434 e. The van der Waals surface area contributed by atoms with Crippen molar-refractivity contribution in [2.45, 2.75) is 6.92 Å². The molecular weight excluding hydrogens is 269 g/mol. The Hall–Kier alpha value is -2.14. The van der Waals surface area contributed by atoms with Gasteiger partial charge in [0.15, 0.2) is 11.6 Å². The number of pyridine rings is 1. The third-order valence-electron chi connectivity index (χ3n) is 2.44. The summed E-state index contributed by atoms with van der Waals surface area (Å²) >= 11 is 6.02. The number of ether oxygens (including phenoxy) is 1. The summed E-state index contributed by atoms with van der Waals surface area (Å²) in [5.41, 5.74) is 6.51. The minimum atomic E-state index is -0.517. The summed E-state index contributed by atoms with van der Waals surface area (Å²) in [7, 11) is 0. The number of halogens is 2. The highest BCUT2D eigenvalue weighted by atomic mass is 35.5. The van der Waals surface area contributed by atoms with Gasteiger partial charge in [0.05, 0.1) is 0 Å². The number of benzene rings is 1. The molecule has 1 heterocycles. The lowest BCUT2D eigenvalue weighted by atomic mass is 10.2. The van der Waals surface area contributed by atoms with Crippen LogP contribution in [-0.2, 0) is 0 Å². The lowest BCUT2D eigenvalue weighted by Gasteiger charge is -2.10. The molecule has 0 saturated carbocycles. The van der Waals surface area contributed by atoms with Crippen LogP contribution < -0.4 is 10.5 Å². The standard InChI is InChI=1S/C13H11ClFN3O/c1-7-2-3-9(15)10(6-7)19-13-11(14)8(12(16)17)4-5-18-13/h2-6H,1H3,(H3,16,17). The maximum atomic E-state index is 13.6. The van der Waals surface area contributed by atoms with Crippen LogP contribution in [0.5, 0.6) is 11.6 Å². The highest BCUT2D eigenvalue weighted by Crippen LogP contribution is 2.31. The van der Waals surface area contributed by atoms with Crippen LogP contribution in [0.1, 0.15) is 11.1 Å². The smallest absolute Gasteiger partial charge is 0.239 e. The molecule has 1 aromatic heterocycles. The summed E-state index contributed by atoms with van der Waals surface area (Å²) in [5, 5.41) is 7.44. The second-order valence-electron chi connectivity index (χ2n) is 3.93. The van der Waals surface area contributed by atoms with E-state index in [4.69, 9.17) is 27.5 Å². The van der Waals surface area contributed by atoms with Crippen molar-refractivity contribution in [2.75, 3.05) is 0 Å². The van der Waals surface area contributed by atoms with Crippen molar-refractivity contribution >= 4 is 17.4 Å². The molecule has 0 aliphatic carbocycles. The van der Waals surface area contributed by atoms with Crippen LogP contribution in [0.2, 0.25) is 5.02 Å². The van der Waals surface area contributed by atoms with Gasteiger partial charge in [-0.05, 0) is 30.7 Å². The normalized spacial score (nSPS) is 10.3. The van der Waals surface area contributed by atoms with E-state index in [2.05, 4.69) is 4.98 Å². The van der Waals surface area contributed by atoms with Crippen LogP contribution in [0.15, 0.2) is 30.5 Å². The van der Waals surface area contributed by atoms with Gasteiger partial charge in [-0.15, -0.1) is 0 Å². The number of nitrogens with one attached hydrogen (secondary N) is 1. The summed E-state index contributed by atoms with van der Waals surface area (Å²) in [6, 6.07) is 5.95. The van der Waals surface area contributed by atoms with Gasteiger partial charge in [0, 0.05) is 11.8 Å². The molecule has 0 atom stereocenters. The van der Waals surface area contributed by atoms with Crippen molar-refractivity contribution in [1.82, 2.24) is 4.98 Å². The predicted octanol–water partition coefficient (Wildman–Crippen LogP) is 3.26. The lowest BCUT2D eigenvalue weighted by Crippen LogP contribution is -2.12. The first kappa shape index (κ1) is 13.3. The van der Waals surface area contributed by atoms with Crippen molar-refractivity contribution in [2.24, 2.45) is 5.73 Å². The number of amidine groups is 1. The van der Waals surface area contributed by atoms with Crippen LogP contribution in [0, 0.1) is 18.2 Å². The average molecular weight is 280 g/mol. The molecule has 0 aliphatic rings. The van der Waals surface area contributed by atoms with Gasteiger partial charge < -0.3 is 10.5 Å². The van der Waals surface area contributed by atoms with Crippen molar-refractivity contribution in [3.63, 3.8) is 0 Å². The van der Waals surface area contributed by atoms with Gasteiger partial charge in [-0.2, -0.15) is 0 Å². The predicted molar refractivity (Wildman–Crippen MR) is 71.5 cm³/mol. The monoisotopic (exact) mass is 279 g/mol. The molecule has 0 spiro atoms. The Labute approximate surface area is 114 Å². The van der Waals surface area contributed by atoms with Gasteiger partial charge in [0.25, 0.3) is 0 Å². The Bertz CT molecular complexity index is 646. The third kappa shape index (κ3) is 2.82. The third-order valence-corrected chi connectivity index (χ3v) is 2.81. The zero-order chi connectivity index (χ0) is 14.0. The number of aromatic nitrogens is 1. The van der Waals surface area contributed by atoms with Crippen molar-refractivity contribution in [1.29, 1.82) is 5.41 Å². The summed E-state index contributed by atoms with van der Waals surface area (Å²) in [6.07, 6.45) is 1.39. The van der Waals surface area contributed by atoms with Gasteiger partial charge in [0.2, 0.25) is 5.88 Å². The minimum absolute atomic E-state index is 0.0128. The highest BCUT2D eigenvalue weighted by molar-refractivity contribution is 6.35. The molecule has 2 aromatic rings. The molecule has 98 valence electrons. The first-order valence-corrected chi connectivity index (χ1v) is 5.79. The SMILES string of the molecule is Cc1ccc(F)c(Oc2nccc(C(=N)N)c2Cl)c1. The quantitative estimate of drug-likeness (QED) is 0.669. The Balaban J connectivity index is 2.41. The first-order chi connectivity index (χ1) is 8.99. The van der Waals surface area contributed by atoms with Gasteiger partial charge in [-0.25, -0.2) is 9.37 Å². The van der Waals surface area contributed by atoms with Gasteiger partial charge in [-0.3, -0.25) is 5.41 Å². The number of aryl methyl sites for hydroxylation is 1. The van der Waals surface area contributed by atoms with Gasteiger partial charge in [0.1, 0.15) is 10.9 Å². The molecule has 3 N–H and O–H groups in total. The van der Waals surface area contributed by atoms with Gasteiger partial charge in [-0.1, -0.05) is 17.7 Å². The number of hydrogen-bond donors (Lipinski definition) is 2. The molecule has 1 aromatic carbocycles. The van der Waals surface area contributed by atoms with Crippen LogP contribution in [0.3, 0.4) is 0 Å². The Kier molecular flexibility index (Phi) is 3.66. The lowest BCUT2D eigenvalue weighted by molar-refractivity contribution is 0.427. The van der Waals surface area contributed by atoms with E-state index < -0.39 is 5.82 Å². The van der Waals surface area contributed by atoms with Crippen LogP contribution >= 0.6 is 11.6 Å². The van der Waals surface area contributed by atoms with E-state index >= 15 is 0 Å². The molecule has 0 aliphatic heterocycles. The maximum absolute atomic E-state index is 13.6. The molecule has 0 saturated heterocycles. The van der Waals surface area contributed by atoms with E-state index in [-0.39, 0.29) is 22.5 Å². The number of nitrogens with two attached hydrogens (primary N) is 1. The van der Waals surface area contributed by atoms with Gasteiger partial charge >= 0.3 is 0 Å². The van der Waals surface area contributed by atoms with Crippen LogP contribution in [0.25, 0.3) is 0 Å². The number of nitrogen functional groups attached to an aromatic ring is 1. The molecule has 0 unspecified atom stereocenters. The molecular formula is C13H11ClFN3O. The molecule has 0 radical (unpaired) electrons. The van der Waals surface area contributed by atoms with Crippen molar-refractivity contribution in [3.8, 4) is 11.6 Å². The van der Waals surface area contributed by atoms with E-state index in [0.717, 1.165) is 5.56 Å². The van der Waals surface area contributed by atoms with Crippen LogP contribution in [0.4, 0.5) is 4.39 Å². The summed E-state index contributed by atoms with van der Waals surface area (Å²) in [6.45, 7) is 1.81. The van der Waals surface area contributed by atoms with E-state index in [0.29, 0.717) is 5.56 Å². The Morgan fingerprint density at radius 1 is 1.42 bits per heavy atom. The molecule has 6 heteroatoms. The second kappa shape index (κ2) is 5.24. The fraction of sp³-hybridized carbons (Fsp3) is 0.0769. The summed E-state index contributed by atoms with van der Waals surface area (Å²) in [5.74, 6) is -0.687. The van der Waals surface area contributed by atoms with Crippen LogP contribution in [-0.4, -0.2) is 10.8 Å². The summed E-state index contributed by atoms with van der Waals surface area (Å²) in [4.78, 5) is 3.91. The topological polar surface area (TPSA) is 72.0 Å². The molecule has 0 amide bonds. The Morgan fingerprint density at radius 2 is 2.16 bits per heavy atom. The van der Waals surface area contributed by atoms with E-state index in [1.807, 2.05) is 6.92 Å². The zero-order valence-electron chi connectivity index (χ0n) is 10.1. The zero-order valence-corrected chi connectivity index (χ0v) is 10.8. The summed E-state index contributed by atoms with van der Waals surface area (Å²) < 4.78 is 18.9. The molecule has 0 fully saturated rings. The van der Waals surface area contributed by atoms with Crippen molar-refractivity contribution in [3.05, 3.63) is 52.4 Å². The fourth-order valence-electron chi connectivity index (χ4n) is 1.50. The number of nitrogens with zero attached hydrogens (tertiary/aromatic N) is 1. The van der Waals surface area contributed by atoms with E-state index in [9.17, 15) is 4.39 Å². The molecule has 2 rings (SSSR count). The fourth-order valence-corrected chi connectivity index (χ4v) is 1.75. The molecule has 0 bridgehead atoms. The van der Waals surface area contributed by atoms with E-state index in [1.54, 1.807) is 6.07 Å². The highest BCUT2D eigenvalue weighted by Gasteiger charge is 2.13. The maximum Gasteiger partial charge on any atom is 0.239 e. The Morgan fingerprint density at radius 3 is 2.84 bits per heavy atom. The number of rotatable bonds is 3. The second-order valence-corrected chi connectivity index (χ2v) is 4.31. The molecule has 4 nitrogen and oxygen atoms in total.